The molecule has 0 spiro atoms. The molecule has 0 radical (unpaired) electrons. The van der Waals surface area contributed by atoms with Gasteiger partial charge in [0.25, 0.3) is 0 Å². The molecule has 0 aliphatic carbocycles. The van der Waals surface area contributed by atoms with Crippen LogP contribution in [0.4, 0.5) is 11.4 Å². The van der Waals surface area contributed by atoms with E-state index < -0.39 is 0 Å². The number of hydrogen-bond donors (Lipinski definition) is 2. The van der Waals surface area contributed by atoms with Crippen molar-refractivity contribution in [2.45, 2.75) is 6.54 Å². The average molecular weight is 320 g/mol. The Bertz CT molecular complexity index is 828. The van der Waals surface area contributed by atoms with Gasteiger partial charge >= 0.3 is 0 Å². The summed E-state index contributed by atoms with van der Waals surface area (Å²) in [6.07, 6.45) is 7.20. The Kier molecular flexibility index (Phi) is 4.20. The number of nitrogens with zero attached hydrogens (tertiary/aromatic N) is 4. The van der Waals surface area contributed by atoms with Crippen LogP contribution in [0.15, 0.2) is 49.1 Å². The van der Waals surface area contributed by atoms with Gasteiger partial charge in [0.05, 0.1) is 28.6 Å². The van der Waals surface area contributed by atoms with Gasteiger partial charge in [0.2, 0.25) is 0 Å². The molecule has 1 aliphatic rings. The third kappa shape index (κ3) is 3.14. The van der Waals surface area contributed by atoms with Crippen molar-refractivity contribution < 1.29 is 0 Å². The summed E-state index contributed by atoms with van der Waals surface area (Å²) in [5.41, 5.74) is 5.30. The van der Waals surface area contributed by atoms with Crippen molar-refractivity contribution in [1.82, 2.24) is 20.3 Å². The first-order valence-electron chi connectivity index (χ1n) is 8.23. The van der Waals surface area contributed by atoms with Crippen LogP contribution < -0.4 is 15.5 Å². The summed E-state index contributed by atoms with van der Waals surface area (Å²) < 4.78 is 0. The molecule has 0 saturated carbocycles. The molecule has 3 heterocycles. The van der Waals surface area contributed by atoms with Gasteiger partial charge in [0.1, 0.15) is 0 Å². The van der Waals surface area contributed by atoms with Crippen LogP contribution in [0.5, 0.6) is 0 Å². The first-order valence-corrected chi connectivity index (χ1v) is 8.23. The van der Waals surface area contributed by atoms with Gasteiger partial charge < -0.3 is 15.5 Å². The first kappa shape index (κ1) is 14.8. The van der Waals surface area contributed by atoms with Crippen LogP contribution in [0.3, 0.4) is 0 Å². The number of hydrogen-bond acceptors (Lipinski definition) is 6. The van der Waals surface area contributed by atoms with Crippen molar-refractivity contribution in [1.29, 1.82) is 0 Å². The zero-order valence-corrected chi connectivity index (χ0v) is 13.4. The standard InChI is InChI=1S/C18H20N6/c1-2-15-16(22-6-5-21-15)11-14(1)12-23-17-13-20-4-3-18(17)24-9-7-19-8-10-24/h1-6,11,13,19,23H,7-10,12H2. The zero-order valence-electron chi connectivity index (χ0n) is 13.4. The molecule has 6 heteroatoms. The molecule has 122 valence electrons. The maximum atomic E-state index is 4.37. The molecule has 1 saturated heterocycles. The quantitative estimate of drug-likeness (QED) is 0.767. The van der Waals surface area contributed by atoms with Crippen LogP contribution in [-0.4, -0.2) is 41.1 Å². The molecule has 0 bridgehead atoms. The number of aromatic nitrogens is 3. The van der Waals surface area contributed by atoms with Crippen molar-refractivity contribution >= 4 is 22.4 Å². The minimum atomic E-state index is 0.733. The lowest BCUT2D eigenvalue weighted by Crippen LogP contribution is -2.43. The van der Waals surface area contributed by atoms with E-state index in [1.807, 2.05) is 18.5 Å². The maximum absolute atomic E-state index is 4.37. The van der Waals surface area contributed by atoms with E-state index in [0.717, 1.165) is 49.4 Å². The number of rotatable bonds is 4. The van der Waals surface area contributed by atoms with E-state index >= 15 is 0 Å². The Morgan fingerprint density at radius 3 is 2.71 bits per heavy atom. The fourth-order valence-corrected chi connectivity index (χ4v) is 3.02. The van der Waals surface area contributed by atoms with Crippen LogP contribution in [0.1, 0.15) is 5.56 Å². The average Bonchev–Trinajstić information content (AvgIpc) is 2.67. The molecule has 3 aromatic rings. The Hall–Kier alpha value is -2.73. The van der Waals surface area contributed by atoms with Crippen molar-refractivity contribution in [2.24, 2.45) is 0 Å². The number of benzene rings is 1. The highest BCUT2D eigenvalue weighted by molar-refractivity contribution is 5.75. The van der Waals surface area contributed by atoms with Gasteiger partial charge in [0, 0.05) is 51.3 Å². The van der Waals surface area contributed by atoms with Crippen molar-refractivity contribution in [3.05, 3.63) is 54.6 Å². The van der Waals surface area contributed by atoms with Crippen molar-refractivity contribution in [2.75, 3.05) is 36.4 Å². The number of anilines is 2. The lowest BCUT2D eigenvalue weighted by atomic mass is 10.2. The Morgan fingerprint density at radius 1 is 1.00 bits per heavy atom. The number of piperazine rings is 1. The van der Waals surface area contributed by atoms with E-state index in [1.165, 1.54) is 11.3 Å². The van der Waals surface area contributed by atoms with Crippen LogP contribution in [0, 0.1) is 0 Å². The van der Waals surface area contributed by atoms with E-state index in [2.05, 4.69) is 48.7 Å². The lowest BCUT2D eigenvalue weighted by Gasteiger charge is -2.31. The van der Waals surface area contributed by atoms with Crippen LogP contribution in [0.25, 0.3) is 11.0 Å². The second-order valence-electron chi connectivity index (χ2n) is 5.86. The molecule has 1 fully saturated rings. The fourth-order valence-electron chi connectivity index (χ4n) is 3.02. The van der Waals surface area contributed by atoms with Crippen LogP contribution in [0.2, 0.25) is 0 Å². The third-order valence-corrected chi connectivity index (χ3v) is 4.27. The van der Waals surface area contributed by atoms with E-state index in [9.17, 15) is 0 Å². The van der Waals surface area contributed by atoms with E-state index in [4.69, 9.17) is 0 Å². The summed E-state index contributed by atoms with van der Waals surface area (Å²) in [4.78, 5) is 15.4. The summed E-state index contributed by atoms with van der Waals surface area (Å²) in [5.74, 6) is 0. The van der Waals surface area contributed by atoms with Gasteiger partial charge in [-0.05, 0) is 23.8 Å². The third-order valence-electron chi connectivity index (χ3n) is 4.27. The molecular weight excluding hydrogens is 300 g/mol. The number of nitrogens with one attached hydrogen (secondary N) is 2. The molecule has 1 aromatic carbocycles. The van der Waals surface area contributed by atoms with Gasteiger partial charge in [-0.3, -0.25) is 15.0 Å². The van der Waals surface area contributed by atoms with E-state index in [1.54, 1.807) is 12.4 Å². The zero-order chi connectivity index (χ0) is 16.2. The Morgan fingerprint density at radius 2 is 1.83 bits per heavy atom. The number of pyridine rings is 1. The van der Waals surface area contributed by atoms with E-state index in [-0.39, 0.29) is 0 Å². The summed E-state index contributed by atoms with van der Waals surface area (Å²) in [5, 5.41) is 6.91. The second kappa shape index (κ2) is 6.80. The highest BCUT2D eigenvalue weighted by atomic mass is 15.2. The predicted octanol–water partition coefficient (Wildman–Crippen LogP) is 2.05. The fraction of sp³-hybridized carbons (Fsp3) is 0.278. The van der Waals surface area contributed by atoms with Gasteiger partial charge in [-0.25, -0.2) is 0 Å². The molecule has 0 amide bonds. The van der Waals surface area contributed by atoms with Gasteiger partial charge in [-0.15, -0.1) is 0 Å². The molecule has 4 rings (SSSR count). The van der Waals surface area contributed by atoms with Crippen molar-refractivity contribution in [3.8, 4) is 0 Å². The van der Waals surface area contributed by atoms with Crippen molar-refractivity contribution in [3.63, 3.8) is 0 Å². The highest BCUT2D eigenvalue weighted by Gasteiger charge is 2.14. The summed E-state index contributed by atoms with van der Waals surface area (Å²) >= 11 is 0. The van der Waals surface area contributed by atoms with Gasteiger partial charge in [-0.1, -0.05) is 6.07 Å². The van der Waals surface area contributed by atoms with Gasteiger partial charge in [-0.2, -0.15) is 0 Å². The summed E-state index contributed by atoms with van der Waals surface area (Å²) in [6.45, 7) is 4.81. The normalized spacial score (nSPS) is 14.8. The minimum absolute atomic E-state index is 0.733. The molecular formula is C18H20N6. The monoisotopic (exact) mass is 320 g/mol. The maximum Gasteiger partial charge on any atom is 0.0890 e. The van der Waals surface area contributed by atoms with E-state index in [0.29, 0.717) is 0 Å². The summed E-state index contributed by atoms with van der Waals surface area (Å²) in [6, 6.07) is 8.26. The largest absolute Gasteiger partial charge is 0.378 e. The molecule has 1 aliphatic heterocycles. The Balaban J connectivity index is 1.52. The topological polar surface area (TPSA) is 66.0 Å². The lowest BCUT2D eigenvalue weighted by molar-refractivity contribution is 0.589. The molecule has 6 nitrogen and oxygen atoms in total. The SMILES string of the molecule is c1cc(N2CCNCC2)c(NCc2ccc3nccnc3c2)cn1. The van der Waals surface area contributed by atoms with Gasteiger partial charge in [0.15, 0.2) is 0 Å². The highest BCUT2D eigenvalue weighted by Crippen LogP contribution is 2.25. The smallest absolute Gasteiger partial charge is 0.0890 e. The predicted molar refractivity (Wildman–Crippen MR) is 96.2 cm³/mol. The molecule has 24 heavy (non-hydrogen) atoms. The van der Waals surface area contributed by atoms with Crippen LogP contribution >= 0.6 is 0 Å². The molecule has 0 atom stereocenters. The molecule has 2 aromatic heterocycles. The van der Waals surface area contributed by atoms with Crippen LogP contribution in [-0.2, 0) is 6.54 Å². The molecule has 2 N–H and O–H groups in total. The Labute approximate surface area is 141 Å². The minimum Gasteiger partial charge on any atom is -0.378 e. The summed E-state index contributed by atoms with van der Waals surface area (Å²) in [7, 11) is 0. The molecule has 0 unspecified atom stereocenters. The number of fused-ring (bicyclic) bond motifs is 1. The second-order valence-corrected chi connectivity index (χ2v) is 5.86. The first-order chi connectivity index (χ1) is 11.9.